The summed E-state index contributed by atoms with van der Waals surface area (Å²) in [6.07, 6.45) is 3.83. The third-order valence-electron chi connectivity index (χ3n) is 3.53. The molecule has 0 saturated heterocycles. The Kier molecular flexibility index (Phi) is 2.90. The van der Waals surface area contributed by atoms with E-state index in [1.165, 1.54) is 9.25 Å². The number of aromatic nitrogens is 3. The van der Waals surface area contributed by atoms with Gasteiger partial charge in [0.15, 0.2) is 0 Å². The van der Waals surface area contributed by atoms with Gasteiger partial charge in [-0.2, -0.15) is 5.10 Å². The average Bonchev–Trinajstić information content (AvgIpc) is 2.83. The number of carboxylic acids is 1. The van der Waals surface area contributed by atoms with Gasteiger partial charge in [-0.15, -0.1) is 0 Å². The Labute approximate surface area is 114 Å². The van der Waals surface area contributed by atoms with Gasteiger partial charge >= 0.3 is 5.97 Å². The second-order valence-corrected chi connectivity index (χ2v) is 4.73. The van der Waals surface area contributed by atoms with Crippen molar-refractivity contribution in [2.75, 3.05) is 6.54 Å². The van der Waals surface area contributed by atoms with Crippen LogP contribution in [0.15, 0.2) is 23.3 Å². The molecule has 3 rings (SSSR count). The Morgan fingerprint density at radius 3 is 2.95 bits per heavy atom. The van der Waals surface area contributed by atoms with E-state index in [2.05, 4.69) is 10.4 Å². The molecule has 0 radical (unpaired) electrons. The number of pyridine rings is 1. The third-order valence-corrected chi connectivity index (χ3v) is 3.53. The number of hydrogen-bond acceptors (Lipinski definition) is 4. The van der Waals surface area contributed by atoms with Crippen molar-refractivity contribution < 1.29 is 9.90 Å². The fourth-order valence-electron chi connectivity index (χ4n) is 2.57. The lowest BCUT2D eigenvalue weighted by Gasteiger charge is -2.20. The molecule has 0 spiro atoms. The number of nitrogens with one attached hydrogen (secondary N) is 1. The molecule has 0 atom stereocenters. The van der Waals surface area contributed by atoms with E-state index < -0.39 is 11.5 Å². The Balaban J connectivity index is 2.32. The molecule has 0 unspecified atom stereocenters. The molecule has 0 aromatic carbocycles. The number of aromatic carboxylic acids is 1. The van der Waals surface area contributed by atoms with Crippen molar-refractivity contribution in [3.8, 4) is 5.82 Å². The first-order valence-electron chi connectivity index (χ1n) is 6.29. The van der Waals surface area contributed by atoms with E-state index in [9.17, 15) is 14.7 Å². The van der Waals surface area contributed by atoms with Crippen molar-refractivity contribution in [1.29, 1.82) is 0 Å². The van der Waals surface area contributed by atoms with Crippen molar-refractivity contribution in [1.82, 2.24) is 19.7 Å². The van der Waals surface area contributed by atoms with Gasteiger partial charge in [0.05, 0.1) is 6.20 Å². The normalized spacial score (nSPS) is 14.1. The minimum absolute atomic E-state index is 0.134. The summed E-state index contributed by atoms with van der Waals surface area (Å²) in [5.74, 6) is -0.629. The van der Waals surface area contributed by atoms with Crippen molar-refractivity contribution >= 4 is 5.97 Å². The quantitative estimate of drug-likeness (QED) is 0.799. The van der Waals surface area contributed by atoms with E-state index in [-0.39, 0.29) is 5.56 Å². The topological polar surface area (TPSA) is 89.2 Å². The van der Waals surface area contributed by atoms with Crippen molar-refractivity contribution in [3.63, 3.8) is 0 Å². The van der Waals surface area contributed by atoms with Gasteiger partial charge in [-0.3, -0.25) is 14.0 Å². The second-order valence-electron chi connectivity index (χ2n) is 4.73. The zero-order chi connectivity index (χ0) is 14.3. The average molecular weight is 274 g/mol. The summed E-state index contributed by atoms with van der Waals surface area (Å²) in [7, 11) is 1.71. The number of fused-ring (bicyclic) bond motifs is 1. The zero-order valence-electron chi connectivity index (χ0n) is 11.0. The molecule has 0 aliphatic carbocycles. The third kappa shape index (κ3) is 1.83. The second kappa shape index (κ2) is 4.61. The van der Waals surface area contributed by atoms with Crippen LogP contribution in [0.1, 0.15) is 21.5 Å². The highest BCUT2D eigenvalue weighted by Crippen LogP contribution is 2.17. The molecule has 0 bridgehead atoms. The molecule has 1 aliphatic rings. The number of carboxylic acid groups (broad SMARTS) is 1. The fraction of sp³-hybridized carbons (Fsp3) is 0.308. The standard InChI is InChI=1S/C13H14N4O3/c1-16-10(3-5-15-16)17-7-8-6-14-4-2-9(8)11(12(17)18)13(19)20/h3,5,7,14H,2,4,6H2,1H3,(H,19,20). The largest absolute Gasteiger partial charge is 0.477 e. The number of rotatable bonds is 2. The Hall–Kier alpha value is -2.41. The van der Waals surface area contributed by atoms with Gasteiger partial charge < -0.3 is 10.4 Å². The predicted molar refractivity (Wildman–Crippen MR) is 71.2 cm³/mol. The monoisotopic (exact) mass is 274 g/mol. The predicted octanol–water partition coefficient (Wildman–Crippen LogP) is -0.0851. The lowest BCUT2D eigenvalue weighted by atomic mass is 9.98. The molecule has 2 N–H and O–H groups in total. The van der Waals surface area contributed by atoms with E-state index in [0.29, 0.717) is 30.9 Å². The van der Waals surface area contributed by atoms with Crippen LogP contribution in [0, 0.1) is 0 Å². The summed E-state index contributed by atoms with van der Waals surface area (Å²) in [4.78, 5) is 23.9. The van der Waals surface area contributed by atoms with Crippen LogP contribution in [-0.4, -0.2) is 32.0 Å². The summed E-state index contributed by atoms with van der Waals surface area (Å²) in [6, 6.07) is 1.68. The summed E-state index contributed by atoms with van der Waals surface area (Å²) in [6.45, 7) is 1.25. The lowest BCUT2D eigenvalue weighted by Crippen LogP contribution is -2.34. The molecule has 20 heavy (non-hydrogen) atoms. The molecule has 7 nitrogen and oxygen atoms in total. The smallest absolute Gasteiger partial charge is 0.341 e. The van der Waals surface area contributed by atoms with Crippen LogP contribution in [0.5, 0.6) is 0 Å². The van der Waals surface area contributed by atoms with E-state index >= 15 is 0 Å². The Morgan fingerprint density at radius 2 is 2.30 bits per heavy atom. The van der Waals surface area contributed by atoms with Gasteiger partial charge in [-0.05, 0) is 24.1 Å². The van der Waals surface area contributed by atoms with E-state index in [1.807, 2.05) is 0 Å². The minimum atomic E-state index is -1.18. The van der Waals surface area contributed by atoms with Crippen LogP contribution in [0.25, 0.3) is 5.82 Å². The van der Waals surface area contributed by atoms with Gasteiger partial charge in [0, 0.05) is 25.9 Å². The van der Waals surface area contributed by atoms with Crippen LogP contribution in [0.4, 0.5) is 0 Å². The molecule has 7 heteroatoms. The maximum absolute atomic E-state index is 12.5. The Bertz CT molecular complexity index is 745. The van der Waals surface area contributed by atoms with Gasteiger partial charge in [0.1, 0.15) is 11.4 Å². The first-order chi connectivity index (χ1) is 9.59. The molecule has 3 heterocycles. The highest BCUT2D eigenvalue weighted by atomic mass is 16.4. The highest BCUT2D eigenvalue weighted by Gasteiger charge is 2.23. The molecule has 0 saturated carbocycles. The number of carbonyl (C=O) groups is 1. The molecule has 0 amide bonds. The van der Waals surface area contributed by atoms with Gasteiger partial charge in [0.25, 0.3) is 5.56 Å². The van der Waals surface area contributed by atoms with Crippen molar-refractivity contribution in [2.45, 2.75) is 13.0 Å². The number of nitrogens with zero attached hydrogens (tertiary/aromatic N) is 3. The number of hydrogen-bond donors (Lipinski definition) is 2. The SMILES string of the molecule is Cn1nccc1-n1cc2c(c(C(=O)O)c1=O)CCNC2. The minimum Gasteiger partial charge on any atom is -0.477 e. The van der Waals surface area contributed by atoms with E-state index in [4.69, 9.17) is 0 Å². The van der Waals surface area contributed by atoms with Gasteiger partial charge in [-0.1, -0.05) is 0 Å². The zero-order valence-corrected chi connectivity index (χ0v) is 11.0. The summed E-state index contributed by atoms with van der Waals surface area (Å²) >= 11 is 0. The maximum Gasteiger partial charge on any atom is 0.341 e. The lowest BCUT2D eigenvalue weighted by molar-refractivity contribution is 0.0693. The highest BCUT2D eigenvalue weighted by molar-refractivity contribution is 5.89. The molecule has 0 fully saturated rings. The number of aryl methyl sites for hydroxylation is 1. The van der Waals surface area contributed by atoms with Crippen molar-refractivity contribution in [2.24, 2.45) is 7.05 Å². The van der Waals surface area contributed by atoms with Crippen LogP contribution < -0.4 is 10.9 Å². The first-order valence-corrected chi connectivity index (χ1v) is 6.29. The Morgan fingerprint density at radius 1 is 1.50 bits per heavy atom. The molecule has 1 aliphatic heterocycles. The first kappa shape index (κ1) is 12.6. The summed E-state index contributed by atoms with van der Waals surface area (Å²) < 4.78 is 2.89. The summed E-state index contributed by atoms with van der Waals surface area (Å²) in [5, 5.41) is 16.6. The van der Waals surface area contributed by atoms with Gasteiger partial charge in [-0.25, -0.2) is 4.79 Å². The molecule has 2 aromatic heterocycles. The molecule has 104 valence electrons. The summed E-state index contributed by atoms with van der Waals surface area (Å²) in [5.41, 5.74) is 0.834. The molecule has 2 aromatic rings. The maximum atomic E-state index is 12.5. The van der Waals surface area contributed by atoms with Crippen LogP contribution in [0.2, 0.25) is 0 Å². The van der Waals surface area contributed by atoms with E-state index in [0.717, 1.165) is 5.56 Å². The van der Waals surface area contributed by atoms with Gasteiger partial charge in [0.2, 0.25) is 0 Å². The molecular formula is C13H14N4O3. The molecular weight excluding hydrogens is 260 g/mol. The fourth-order valence-corrected chi connectivity index (χ4v) is 2.57. The van der Waals surface area contributed by atoms with Crippen molar-refractivity contribution in [3.05, 3.63) is 45.5 Å². The van der Waals surface area contributed by atoms with E-state index in [1.54, 1.807) is 25.5 Å². The van der Waals surface area contributed by atoms with Crippen LogP contribution >= 0.6 is 0 Å². The van der Waals surface area contributed by atoms with Crippen LogP contribution in [-0.2, 0) is 20.0 Å². The van der Waals surface area contributed by atoms with Crippen LogP contribution in [0.3, 0.4) is 0 Å².